The first-order valence-electron chi connectivity index (χ1n) is 5.51. The first-order chi connectivity index (χ1) is 8.65. The standard InChI is InChI=1S/C12H12BrN3O2/c1-7-4-15-16(12(7)14)5-8-2-9(13)11-10(3-8)17-6-18-11/h2-4H,5-6,14H2,1H3. The van der Waals surface area contributed by atoms with E-state index in [9.17, 15) is 0 Å². The Bertz CT molecular complexity index is 610. The minimum Gasteiger partial charge on any atom is -0.454 e. The van der Waals surface area contributed by atoms with E-state index in [2.05, 4.69) is 21.0 Å². The molecule has 2 aromatic rings. The number of hydrogen-bond donors (Lipinski definition) is 1. The molecule has 3 rings (SSSR count). The molecule has 0 unspecified atom stereocenters. The summed E-state index contributed by atoms with van der Waals surface area (Å²) in [5.74, 6) is 2.19. The van der Waals surface area contributed by atoms with Crippen LogP contribution in [0.15, 0.2) is 22.8 Å². The van der Waals surface area contributed by atoms with Crippen molar-refractivity contribution in [3.8, 4) is 11.5 Å². The van der Waals surface area contributed by atoms with Crippen LogP contribution >= 0.6 is 15.9 Å². The SMILES string of the molecule is Cc1cnn(Cc2cc(Br)c3c(c2)OCO3)c1N. The maximum atomic E-state index is 5.93. The lowest BCUT2D eigenvalue weighted by Crippen LogP contribution is -2.06. The van der Waals surface area contributed by atoms with E-state index < -0.39 is 0 Å². The molecule has 0 radical (unpaired) electrons. The van der Waals surface area contributed by atoms with Gasteiger partial charge < -0.3 is 15.2 Å². The van der Waals surface area contributed by atoms with Crippen LogP contribution in [0.2, 0.25) is 0 Å². The van der Waals surface area contributed by atoms with Gasteiger partial charge in [0.15, 0.2) is 11.5 Å². The first-order valence-corrected chi connectivity index (χ1v) is 6.30. The second-order valence-corrected chi connectivity index (χ2v) is 5.04. The molecule has 0 atom stereocenters. The number of anilines is 1. The van der Waals surface area contributed by atoms with Gasteiger partial charge in [-0.1, -0.05) is 0 Å². The smallest absolute Gasteiger partial charge is 0.231 e. The fourth-order valence-corrected chi connectivity index (χ4v) is 2.50. The number of rotatable bonds is 2. The summed E-state index contributed by atoms with van der Waals surface area (Å²) >= 11 is 3.47. The Morgan fingerprint density at radius 3 is 3.00 bits per heavy atom. The summed E-state index contributed by atoms with van der Waals surface area (Å²) in [6, 6.07) is 3.94. The molecule has 0 saturated carbocycles. The topological polar surface area (TPSA) is 62.3 Å². The van der Waals surface area contributed by atoms with Gasteiger partial charge in [-0.25, -0.2) is 4.68 Å². The molecule has 0 bridgehead atoms. The van der Waals surface area contributed by atoms with Gasteiger partial charge >= 0.3 is 0 Å². The Balaban J connectivity index is 1.94. The molecule has 2 N–H and O–H groups in total. The van der Waals surface area contributed by atoms with Crippen LogP contribution in [0.3, 0.4) is 0 Å². The summed E-state index contributed by atoms with van der Waals surface area (Å²) in [4.78, 5) is 0. The summed E-state index contributed by atoms with van der Waals surface area (Å²) < 4.78 is 13.4. The molecule has 0 saturated heterocycles. The fraction of sp³-hybridized carbons (Fsp3) is 0.250. The predicted molar refractivity (Wildman–Crippen MR) is 70.7 cm³/mol. The van der Waals surface area contributed by atoms with Gasteiger partial charge in [-0.2, -0.15) is 5.10 Å². The number of aromatic nitrogens is 2. The molecule has 1 aliphatic rings. The van der Waals surface area contributed by atoms with Crippen molar-refractivity contribution in [1.82, 2.24) is 9.78 Å². The molecule has 1 aliphatic heterocycles. The van der Waals surface area contributed by atoms with Gasteiger partial charge in [0.25, 0.3) is 0 Å². The molecule has 6 heteroatoms. The molecule has 94 valence electrons. The molecule has 5 nitrogen and oxygen atoms in total. The number of nitrogens with zero attached hydrogens (tertiary/aromatic N) is 2. The van der Waals surface area contributed by atoms with Crippen LogP contribution in [-0.4, -0.2) is 16.6 Å². The summed E-state index contributed by atoms with van der Waals surface area (Å²) in [7, 11) is 0. The van der Waals surface area contributed by atoms with Crippen LogP contribution in [0, 0.1) is 6.92 Å². The van der Waals surface area contributed by atoms with Crippen molar-refractivity contribution >= 4 is 21.7 Å². The monoisotopic (exact) mass is 309 g/mol. The molecule has 18 heavy (non-hydrogen) atoms. The van der Waals surface area contributed by atoms with E-state index in [4.69, 9.17) is 15.2 Å². The van der Waals surface area contributed by atoms with E-state index in [1.54, 1.807) is 10.9 Å². The highest BCUT2D eigenvalue weighted by atomic mass is 79.9. The van der Waals surface area contributed by atoms with E-state index in [0.717, 1.165) is 27.1 Å². The molecular weight excluding hydrogens is 298 g/mol. The second-order valence-electron chi connectivity index (χ2n) is 4.18. The summed E-state index contributed by atoms with van der Waals surface area (Å²) in [6.45, 7) is 2.81. The first kappa shape index (κ1) is 11.4. The Morgan fingerprint density at radius 2 is 2.28 bits per heavy atom. The van der Waals surface area contributed by atoms with Gasteiger partial charge in [0.1, 0.15) is 5.82 Å². The Kier molecular flexibility index (Phi) is 2.66. The van der Waals surface area contributed by atoms with E-state index in [1.807, 2.05) is 19.1 Å². The minimum absolute atomic E-state index is 0.264. The normalized spacial score (nSPS) is 13.0. The van der Waals surface area contributed by atoms with Crippen LogP contribution in [0.5, 0.6) is 11.5 Å². The zero-order chi connectivity index (χ0) is 12.7. The average molecular weight is 310 g/mol. The molecular formula is C12H12BrN3O2. The lowest BCUT2D eigenvalue weighted by Gasteiger charge is -2.07. The van der Waals surface area contributed by atoms with Crippen LogP contribution in [-0.2, 0) is 6.54 Å². The highest BCUT2D eigenvalue weighted by Gasteiger charge is 2.18. The number of fused-ring (bicyclic) bond motifs is 1. The van der Waals surface area contributed by atoms with Crippen molar-refractivity contribution in [2.75, 3.05) is 12.5 Å². The largest absolute Gasteiger partial charge is 0.454 e. The maximum absolute atomic E-state index is 5.93. The van der Waals surface area contributed by atoms with Crippen molar-refractivity contribution in [3.05, 3.63) is 33.9 Å². The predicted octanol–water partition coefficient (Wildman–Crippen LogP) is 2.31. The Hall–Kier alpha value is -1.69. The molecule has 1 aromatic heterocycles. The lowest BCUT2D eigenvalue weighted by atomic mass is 10.2. The van der Waals surface area contributed by atoms with Gasteiger partial charge in [-0.05, 0) is 40.5 Å². The van der Waals surface area contributed by atoms with E-state index >= 15 is 0 Å². The van der Waals surface area contributed by atoms with E-state index in [1.165, 1.54) is 0 Å². The van der Waals surface area contributed by atoms with Crippen LogP contribution < -0.4 is 15.2 Å². The Morgan fingerprint density at radius 1 is 1.44 bits per heavy atom. The maximum Gasteiger partial charge on any atom is 0.231 e. The van der Waals surface area contributed by atoms with Crippen molar-refractivity contribution in [1.29, 1.82) is 0 Å². The van der Waals surface area contributed by atoms with Crippen LogP contribution in [0.4, 0.5) is 5.82 Å². The van der Waals surface area contributed by atoms with Gasteiger partial charge in [0, 0.05) is 5.56 Å². The fourth-order valence-electron chi connectivity index (χ4n) is 1.90. The third-order valence-electron chi connectivity index (χ3n) is 2.89. The number of nitrogens with two attached hydrogens (primary N) is 1. The lowest BCUT2D eigenvalue weighted by molar-refractivity contribution is 0.173. The quantitative estimate of drug-likeness (QED) is 0.924. The third kappa shape index (κ3) is 1.82. The van der Waals surface area contributed by atoms with Crippen molar-refractivity contribution in [2.24, 2.45) is 0 Å². The van der Waals surface area contributed by atoms with E-state index in [0.29, 0.717) is 12.4 Å². The average Bonchev–Trinajstić information content (AvgIpc) is 2.91. The van der Waals surface area contributed by atoms with Gasteiger partial charge in [0.2, 0.25) is 6.79 Å². The van der Waals surface area contributed by atoms with Crippen LogP contribution in [0.1, 0.15) is 11.1 Å². The van der Waals surface area contributed by atoms with Gasteiger partial charge in [-0.3, -0.25) is 0 Å². The summed E-state index contributed by atoms with van der Waals surface area (Å²) in [6.07, 6.45) is 1.76. The summed E-state index contributed by atoms with van der Waals surface area (Å²) in [5, 5.41) is 4.24. The number of halogens is 1. The number of ether oxygens (including phenoxy) is 2. The van der Waals surface area contributed by atoms with Crippen LogP contribution in [0.25, 0.3) is 0 Å². The van der Waals surface area contributed by atoms with Gasteiger partial charge in [0.05, 0.1) is 17.2 Å². The Labute approximate surface area is 113 Å². The molecule has 0 spiro atoms. The zero-order valence-electron chi connectivity index (χ0n) is 9.81. The van der Waals surface area contributed by atoms with Crippen molar-refractivity contribution in [3.63, 3.8) is 0 Å². The third-order valence-corrected chi connectivity index (χ3v) is 3.48. The van der Waals surface area contributed by atoms with Gasteiger partial charge in [-0.15, -0.1) is 0 Å². The highest BCUT2D eigenvalue weighted by Crippen LogP contribution is 2.40. The number of hydrogen-bond acceptors (Lipinski definition) is 4. The molecule has 0 aliphatic carbocycles. The van der Waals surface area contributed by atoms with Crippen molar-refractivity contribution in [2.45, 2.75) is 13.5 Å². The van der Waals surface area contributed by atoms with E-state index in [-0.39, 0.29) is 6.79 Å². The molecule has 0 amide bonds. The second kappa shape index (κ2) is 4.20. The number of benzene rings is 1. The molecule has 2 heterocycles. The number of nitrogen functional groups attached to an aromatic ring is 1. The van der Waals surface area contributed by atoms with Crippen molar-refractivity contribution < 1.29 is 9.47 Å². The number of aryl methyl sites for hydroxylation is 1. The molecule has 1 aromatic carbocycles. The molecule has 0 fully saturated rings. The zero-order valence-corrected chi connectivity index (χ0v) is 11.4. The minimum atomic E-state index is 0.264. The summed E-state index contributed by atoms with van der Waals surface area (Å²) in [5.41, 5.74) is 7.97. The highest BCUT2D eigenvalue weighted by molar-refractivity contribution is 9.10.